The fourth-order valence-corrected chi connectivity index (χ4v) is 2.31. The first-order valence-corrected chi connectivity index (χ1v) is 7.29. The molecule has 0 heterocycles. The molecule has 2 N–H and O–H groups in total. The molecule has 0 spiro atoms. The molecule has 5 heteroatoms. The van der Waals surface area contributed by atoms with E-state index >= 15 is 0 Å². The van der Waals surface area contributed by atoms with Crippen molar-refractivity contribution in [2.45, 2.75) is 19.4 Å². The summed E-state index contributed by atoms with van der Waals surface area (Å²) in [6.45, 7) is 1.90. The molecule has 0 saturated heterocycles. The molecular formula is C15H14BrClFNO. The van der Waals surface area contributed by atoms with Crippen molar-refractivity contribution >= 4 is 27.5 Å². The lowest BCUT2D eigenvalue weighted by Crippen LogP contribution is -2.18. The summed E-state index contributed by atoms with van der Waals surface area (Å²) in [6, 6.07) is 9.79. The van der Waals surface area contributed by atoms with Crippen molar-refractivity contribution in [2.24, 2.45) is 5.73 Å². The molecular weight excluding hydrogens is 345 g/mol. The minimum atomic E-state index is -0.431. The van der Waals surface area contributed by atoms with Gasteiger partial charge in [0.1, 0.15) is 5.75 Å². The molecule has 20 heavy (non-hydrogen) atoms. The molecule has 0 saturated carbocycles. The molecule has 2 rings (SSSR count). The number of nitrogens with two attached hydrogens (primary N) is 1. The summed E-state index contributed by atoms with van der Waals surface area (Å²) in [5.74, 6) is 0.235. The van der Waals surface area contributed by atoms with Crippen LogP contribution in [0.3, 0.4) is 0 Å². The largest absolute Gasteiger partial charge is 0.454 e. The summed E-state index contributed by atoms with van der Waals surface area (Å²) < 4.78 is 20.1. The van der Waals surface area contributed by atoms with Crippen LogP contribution >= 0.6 is 27.5 Å². The second-order valence-corrected chi connectivity index (χ2v) is 5.96. The van der Waals surface area contributed by atoms with E-state index in [0.717, 1.165) is 10.0 Å². The predicted octanol–water partition coefficient (Wildman–Crippen LogP) is 4.92. The van der Waals surface area contributed by atoms with Crippen LogP contribution < -0.4 is 10.5 Å². The van der Waals surface area contributed by atoms with Crippen LogP contribution in [0, 0.1) is 5.82 Å². The third-order valence-electron chi connectivity index (χ3n) is 2.68. The Balaban J connectivity index is 2.36. The zero-order valence-corrected chi connectivity index (χ0v) is 13.2. The molecule has 1 unspecified atom stereocenters. The molecule has 2 aromatic rings. The van der Waals surface area contributed by atoms with E-state index < -0.39 is 5.82 Å². The summed E-state index contributed by atoms with van der Waals surface area (Å²) in [7, 11) is 0. The summed E-state index contributed by atoms with van der Waals surface area (Å²) in [5.41, 5.74) is 6.70. The first kappa shape index (κ1) is 15.3. The molecule has 0 bridgehead atoms. The molecule has 0 radical (unpaired) electrons. The maximum absolute atomic E-state index is 13.7. The van der Waals surface area contributed by atoms with Gasteiger partial charge in [0, 0.05) is 15.5 Å². The Hall–Kier alpha value is -1.10. The highest BCUT2D eigenvalue weighted by Crippen LogP contribution is 2.32. The predicted molar refractivity (Wildman–Crippen MR) is 83.0 cm³/mol. The summed E-state index contributed by atoms with van der Waals surface area (Å²) in [4.78, 5) is 0. The van der Waals surface area contributed by atoms with E-state index in [2.05, 4.69) is 15.9 Å². The monoisotopic (exact) mass is 357 g/mol. The van der Waals surface area contributed by atoms with Crippen molar-refractivity contribution in [2.75, 3.05) is 0 Å². The van der Waals surface area contributed by atoms with Crippen LogP contribution in [-0.2, 0) is 6.42 Å². The van der Waals surface area contributed by atoms with Gasteiger partial charge in [-0.05, 0) is 49.2 Å². The van der Waals surface area contributed by atoms with Crippen molar-refractivity contribution in [3.63, 3.8) is 0 Å². The van der Waals surface area contributed by atoms with Gasteiger partial charge in [-0.3, -0.25) is 0 Å². The first-order chi connectivity index (χ1) is 9.45. The van der Waals surface area contributed by atoms with Gasteiger partial charge >= 0.3 is 0 Å². The summed E-state index contributed by atoms with van der Waals surface area (Å²) in [6.07, 6.45) is 0.627. The fourth-order valence-electron chi connectivity index (χ4n) is 1.81. The zero-order valence-electron chi connectivity index (χ0n) is 10.9. The SMILES string of the molecule is CC(N)Cc1ccc(Cl)cc1Oc1cc(Br)ccc1F. The molecule has 106 valence electrons. The molecule has 1 atom stereocenters. The van der Waals surface area contributed by atoms with Gasteiger partial charge in [-0.25, -0.2) is 4.39 Å². The average Bonchev–Trinajstić information content (AvgIpc) is 2.37. The fraction of sp³-hybridized carbons (Fsp3) is 0.200. The number of ether oxygens (including phenoxy) is 1. The maximum Gasteiger partial charge on any atom is 0.165 e. The van der Waals surface area contributed by atoms with Gasteiger partial charge in [-0.15, -0.1) is 0 Å². The zero-order chi connectivity index (χ0) is 14.7. The topological polar surface area (TPSA) is 35.2 Å². The Morgan fingerprint density at radius 1 is 1.25 bits per heavy atom. The first-order valence-electron chi connectivity index (χ1n) is 6.12. The lowest BCUT2D eigenvalue weighted by Gasteiger charge is -2.14. The standard InChI is InChI=1S/C15H14BrClFNO/c1-9(19)6-10-2-4-12(17)8-14(10)20-15-7-11(16)3-5-13(15)18/h2-5,7-9H,6,19H2,1H3. The van der Waals surface area contributed by atoms with E-state index in [4.69, 9.17) is 22.1 Å². The third kappa shape index (κ3) is 3.95. The van der Waals surface area contributed by atoms with Crippen LogP contribution in [0.4, 0.5) is 4.39 Å². The minimum Gasteiger partial charge on any atom is -0.454 e. The Kier molecular flexibility index (Phi) is 5.02. The van der Waals surface area contributed by atoms with Gasteiger partial charge in [0.05, 0.1) is 0 Å². The number of benzene rings is 2. The van der Waals surface area contributed by atoms with E-state index in [1.165, 1.54) is 6.07 Å². The highest BCUT2D eigenvalue weighted by atomic mass is 79.9. The lowest BCUT2D eigenvalue weighted by atomic mass is 10.1. The average molecular weight is 359 g/mol. The van der Waals surface area contributed by atoms with Crippen molar-refractivity contribution in [1.82, 2.24) is 0 Å². The quantitative estimate of drug-likeness (QED) is 0.841. The molecule has 0 aliphatic rings. The Labute approximate surface area is 130 Å². The second-order valence-electron chi connectivity index (χ2n) is 4.61. The van der Waals surface area contributed by atoms with Gasteiger partial charge in [-0.2, -0.15) is 0 Å². The van der Waals surface area contributed by atoms with Crippen LogP contribution in [-0.4, -0.2) is 6.04 Å². The van der Waals surface area contributed by atoms with E-state index in [1.54, 1.807) is 24.3 Å². The Morgan fingerprint density at radius 3 is 2.70 bits per heavy atom. The smallest absolute Gasteiger partial charge is 0.165 e. The van der Waals surface area contributed by atoms with E-state index in [9.17, 15) is 4.39 Å². The van der Waals surface area contributed by atoms with Gasteiger partial charge in [0.25, 0.3) is 0 Å². The van der Waals surface area contributed by atoms with Gasteiger partial charge < -0.3 is 10.5 Å². The minimum absolute atomic E-state index is 0.0223. The molecule has 2 aromatic carbocycles. The van der Waals surface area contributed by atoms with E-state index in [1.807, 2.05) is 13.0 Å². The van der Waals surface area contributed by atoms with Crippen LogP contribution in [0.1, 0.15) is 12.5 Å². The summed E-state index contributed by atoms with van der Waals surface area (Å²) in [5, 5.41) is 0.531. The molecule has 0 amide bonds. The molecule has 2 nitrogen and oxygen atoms in total. The number of halogens is 3. The van der Waals surface area contributed by atoms with E-state index in [0.29, 0.717) is 17.2 Å². The number of rotatable bonds is 4. The molecule has 0 aliphatic carbocycles. The normalized spacial score (nSPS) is 12.2. The highest BCUT2D eigenvalue weighted by molar-refractivity contribution is 9.10. The van der Waals surface area contributed by atoms with Gasteiger partial charge in [-0.1, -0.05) is 33.6 Å². The second kappa shape index (κ2) is 6.57. The van der Waals surface area contributed by atoms with Crippen LogP contribution in [0.25, 0.3) is 0 Å². The lowest BCUT2D eigenvalue weighted by molar-refractivity contribution is 0.436. The van der Waals surface area contributed by atoms with Crippen molar-refractivity contribution in [3.05, 3.63) is 57.3 Å². The third-order valence-corrected chi connectivity index (χ3v) is 3.41. The Bertz CT molecular complexity index is 619. The van der Waals surface area contributed by atoms with Crippen molar-refractivity contribution < 1.29 is 9.13 Å². The van der Waals surface area contributed by atoms with E-state index in [-0.39, 0.29) is 11.8 Å². The Morgan fingerprint density at radius 2 is 2.00 bits per heavy atom. The summed E-state index contributed by atoms with van der Waals surface area (Å²) >= 11 is 9.27. The molecule has 0 aliphatic heterocycles. The van der Waals surface area contributed by atoms with Gasteiger partial charge in [0.15, 0.2) is 11.6 Å². The van der Waals surface area contributed by atoms with Crippen molar-refractivity contribution in [3.8, 4) is 11.5 Å². The van der Waals surface area contributed by atoms with Crippen LogP contribution in [0.15, 0.2) is 40.9 Å². The van der Waals surface area contributed by atoms with Crippen molar-refractivity contribution in [1.29, 1.82) is 0 Å². The van der Waals surface area contributed by atoms with Crippen LogP contribution in [0.5, 0.6) is 11.5 Å². The number of hydrogen-bond donors (Lipinski definition) is 1. The molecule has 0 aromatic heterocycles. The van der Waals surface area contributed by atoms with Crippen LogP contribution in [0.2, 0.25) is 5.02 Å². The number of hydrogen-bond acceptors (Lipinski definition) is 2. The molecule has 0 fully saturated rings. The highest BCUT2D eigenvalue weighted by Gasteiger charge is 2.11. The van der Waals surface area contributed by atoms with Gasteiger partial charge in [0.2, 0.25) is 0 Å². The maximum atomic E-state index is 13.7.